The minimum Gasteiger partial charge on any atom is -0.464 e. The van der Waals surface area contributed by atoms with Crippen LogP contribution >= 0.6 is 0 Å². The van der Waals surface area contributed by atoms with Gasteiger partial charge in [0.25, 0.3) is 0 Å². The molecule has 1 aliphatic heterocycles. The first kappa shape index (κ1) is 16.8. The maximum atomic E-state index is 5.68. The zero-order valence-electron chi connectivity index (χ0n) is 15.7. The van der Waals surface area contributed by atoms with Crippen molar-refractivity contribution < 1.29 is 14.2 Å². The summed E-state index contributed by atoms with van der Waals surface area (Å²) >= 11 is 0. The van der Waals surface area contributed by atoms with Crippen molar-refractivity contribution in [3.63, 3.8) is 0 Å². The second kappa shape index (κ2) is 7.02. The molecule has 5 rings (SSSR count). The van der Waals surface area contributed by atoms with Crippen molar-refractivity contribution >= 4 is 11.0 Å². The van der Waals surface area contributed by atoms with E-state index in [1.54, 1.807) is 6.26 Å². The lowest BCUT2D eigenvalue weighted by atomic mass is 9.81. The molecule has 3 aromatic rings. The average Bonchev–Trinajstić information content (AvgIpc) is 3.35. The van der Waals surface area contributed by atoms with Gasteiger partial charge in [0.05, 0.1) is 6.26 Å². The highest BCUT2D eigenvalue weighted by Crippen LogP contribution is 2.41. The van der Waals surface area contributed by atoms with E-state index in [2.05, 4.69) is 42.3 Å². The van der Waals surface area contributed by atoms with Gasteiger partial charge >= 0.3 is 0 Å². The molecule has 4 heteroatoms. The van der Waals surface area contributed by atoms with Gasteiger partial charge in [-0.25, -0.2) is 0 Å². The lowest BCUT2D eigenvalue weighted by Gasteiger charge is -2.30. The zero-order valence-corrected chi connectivity index (χ0v) is 15.7. The highest BCUT2D eigenvalue weighted by atomic mass is 17.2. The number of para-hydroxylation sites is 1. The van der Waals surface area contributed by atoms with Crippen molar-refractivity contribution in [3.8, 4) is 5.75 Å². The summed E-state index contributed by atoms with van der Waals surface area (Å²) in [4.78, 5) is 13.1. The second-order valence-electron chi connectivity index (χ2n) is 7.82. The van der Waals surface area contributed by atoms with Crippen LogP contribution in [0.2, 0.25) is 0 Å². The van der Waals surface area contributed by atoms with E-state index in [1.807, 2.05) is 6.07 Å². The van der Waals surface area contributed by atoms with Crippen LogP contribution < -0.4 is 4.89 Å². The predicted molar refractivity (Wildman–Crippen MR) is 105 cm³/mol. The molecule has 0 bridgehead atoms. The molecule has 4 nitrogen and oxygen atoms in total. The van der Waals surface area contributed by atoms with Gasteiger partial charge in [0, 0.05) is 29.6 Å². The molecule has 0 fully saturated rings. The molecule has 0 saturated carbocycles. The second-order valence-corrected chi connectivity index (χ2v) is 7.82. The topological polar surface area (TPSA) is 34.8 Å². The van der Waals surface area contributed by atoms with Gasteiger partial charge in [0.2, 0.25) is 0 Å². The molecule has 2 aliphatic rings. The third-order valence-electron chi connectivity index (χ3n) is 6.01. The Labute approximate surface area is 159 Å². The van der Waals surface area contributed by atoms with E-state index in [0.29, 0.717) is 12.5 Å². The summed E-state index contributed by atoms with van der Waals surface area (Å²) in [5.41, 5.74) is 6.33. The molecular weight excluding hydrogens is 338 g/mol. The van der Waals surface area contributed by atoms with Crippen LogP contribution in [0.1, 0.15) is 41.0 Å². The van der Waals surface area contributed by atoms with Crippen molar-refractivity contribution in [2.45, 2.75) is 38.2 Å². The Morgan fingerprint density at radius 1 is 1.15 bits per heavy atom. The minimum atomic E-state index is 0.563. The Bertz CT molecular complexity index is 961. The molecule has 2 heterocycles. The van der Waals surface area contributed by atoms with Gasteiger partial charge in [-0.2, -0.15) is 4.89 Å². The van der Waals surface area contributed by atoms with E-state index in [-0.39, 0.29) is 0 Å². The first-order valence-corrected chi connectivity index (χ1v) is 9.87. The molecule has 0 spiro atoms. The van der Waals surface area contributed by atoms with E-state index in [1.165, 1.54) is 40.5 Å². The van der Waals surface area contributed by atoms with E-state index in [4.69, 9.17) is 14.2 Å². The standard InChI is InChI=1S/C23H25NO3/c1-24(12-10-16-4-2-5-17-11-13-25-22(16)17)14-18-6-3-7-21-20(18)9-8-19-15-26-27-23(19)21/h2,4-5,8-9,11,13,18H,3,6-7,10,12,14-15H2,1H3/t18-/m0/s1. The molecule has 0 radical (unpaired) electrons. The molecule has 1 aromatic heterocycles. The van der Waals surface area contributed by atoms with Crippen LogP contribution in [0.5, 0.6) is 5.75 Å². The number of likely N-dealkylation sites (N-methyl/N-ethyl adjacent to an activating group) is 1. The Morgan fingerprint density at radius 3 is 3.07 bits per heavy atom. The van der Waals surface area contributed by atoms with Gasteiger partial charge in [-0.3, -0.25) is 0 Å². The van der Waals surface area contributed by atoms with Gasteiger partial charge in [0.1, 0.15) is 12.2 Å². The highest BCUT2D eigenvalue weighted by Gasteiger charge is 2.28. The van der Waals surface area contributed by atoms with Crippen LogP contribution in [0.25, 0.3) is 11.0 Å². The molecule has 0 N–H and O–H groups in total. The minimum absolute atomic E-state index is 0.563. The number of furan rings is 1. The fourth-order valence-corrected chi connectivity index (χ4v) is 4.60. The summed E-state index contributed by atoms with van der Waals surface area (Å²) in [6, 6.07) is 12.9. The van der Waals surface area contributed by atoms with Crippen molar-refractivity contribution in [1.82, 2.24) is 4.90 Å². The maximum Gasteiger partial charge on any atom is 0.174 e. The number of rotatable bonds is 5. The quantitative estimate of drug-likeness (QED) is 0.607. The SMILES string of the molecule is CN(CCc1cccc2ccoc12)C[C@@H]1CCCc2c1ccc1c2OOC1. The molecule has 140 valence electrons. The fraction of sp³-hybridized carbons (Fsp3) is 0.391. The lowest BCUT2D eigenvalue weighted by molar-refractivity contribution is -0.195. The number of benzene rings is 2. The third kappa shape index (κ3) is 3.13. The average molecular weight is 363 g/mol. The molecule has 2 aromatic carbocycles. The summed E-state index contributed by atoms with van der Waals surface area (Å²) < 4.78 is 5.68. The van der Waals surface area contributed by atoms with E-state index >= 15 is 0 Å². The van der Waals surface area contributed by atoms with E-state index in [0.717, 1.165) is 37.3 Å². The van der Waals surface area contributed by atoms with E-state index in [9.17, 15) is 0 Å². The van der Waals surface area contributed by atoms with Crippen molar-refractivity contribution in [3.05, 3.63) is 64.9 Å². The molecule has 0 amide bonds. The number of hydrogen-bond donors (Lipinski definition) is 0. The van der Waals surface area contributed by atoms with Crippen LogP contribution in [0.4, 0.5) is 0 Å². The summed E-state index contributed by atoms with van der Waals surface area (Å²) in [6.45, 7) is 2.67. The summed E-state index contributed by atoms with van der Waals surface area (Å²) in [7, 11) is 2.23. The molecule has 1 atom stereocenters. The highest BCUT2D eigenvalue weighted by molar-refractivity contribution is 5.80. The van der Waals surface area contributed by atoms with Crippen LogP contribution in [-0.2, 0) is 24.3 Å². The Kier molecular flexibility index (Phi) is 4.38. The molecular formula is C23H25NO3. The van der Waals surface area contributed by atoms with Gasteiger partial charge < -0.3 is 14.2 Å². The molecule has 27 heavy (non-hydrogen) atoms. The number of hydrogen-bond acceptors (Lipinski definition) is 4. The van der Waals surface area contributed by atoms with Crippen LogP contribution in [0.15, 0.2) is 47.1 Å². The van der Waals surface area contributed by atoms with E-state index < -0.39 is 0 Å². The van der Waals surface area contributed by atoms with Crippen molar-refractivity contribution in [2.75, 3.05) is 20.1 Å². The summed E-state index contributed by atoms with van der Waals surface area (Å²) in [6.07, 6.45) is 6.34. The Hall–Kier alpha value is -2.30. The van der Waals surface area contributed by atoms with Crippen molar-refractivity contribution in [1.29, 1.82) is 0 Å². The van der Waals surface area contributed by atoms with Gasteiger partial charge in [0.15, 0.2) is 5.75 Å². The summed E-state index contributed by atoms with van der Waals surface area (Å²) in [5.74, 6) is 1.55. The Morgan fingerprint density at radius 2 is 2.11 bits per heavy atom. The number of fused-ring (bicyclic) bond motifs is 4. The fourth-order valence-electron chi connectivity index (χ4n) is 4.60. The normalized spacial score (nSPS) is 18.5. The molecule has 0 saturated heterocycles. The molecule has 0 unspecified atom stereocenters. The van der Waals surface area contributed by atoms with Crippen molar-refractivity contribution in [2.24, 2.45) is 0 Å². The smallest absolute Gasteiger partial charge is 0.174 e. The Balaban J connectivity index is 1.28. The largest absolute Gasteiger partial charge is 0.464 e. The number of nitrogens with zero attached hydrogens (tertiary/aromatic N) is 1. The van der Waals surface area contributed by atoms with Gasteiger partial charge in [-0.15, -0.1) is 0 Å². The van der Waals surface area contributed by atoms with Crippen LogP contribution in [0, 0.1) is 0 Å². The maximum absolute atomic E-state index is 5.68. The predicted octanol–water partition coefficient (Wildman–Crippen LogP) is 4.85. The third-order valence-corrected chi connectivity index (χ3v) is 6.01. The van der Waals surface area contributed by atoms with Crippen LogP contribution in [0.3, 0.4) is 0 Å². The lowest BCUT2D eigenvalue weighted by Crippen LogP contribution is -2.28. The molecule has 1 aliphatic carbocycles. The first-order valence-electron chi connectivity index (χ1n) is 9.87. The van der Waals surface area contributed by atoms with Crippen LogP contribution in [-0.4, -0.2) is 25.0 Å². The summed E-state index contributed by atoms with van der Waals surface area (Å²) in [5, 5.41) is 1.19. The first-order chi connectivity index (χ1) is 13.3. The zero-order chi connectivity index (χ0) is 18.2. The van der Waals surface area contributed by atoms with Gasteiger partial charge in [-0.1, -0.05) is 30.3 Å². The monoisotopic (exact) mass is 363 g/mol. The van der Waals surface area contributed by atoms with Gasteiger partial charge in [-0.05, 0) is 55.8 Å².